The molecule has 6 nitrogen and oxygen atoms in total. The molecule has 3 heterocycles. The highest BCUT2D eigenvalue weighted by Gasteiger charge is 2.26. The number of rotatable bonds is 5. The molecule has 0 saturated carbocycles. The first-order valence-electron chi connectivity index (χ1n) is 10.3. The Labute approximate surface area is 195 Å². The molecule has 1 aromatic carbocycles. The van der Waals surface area contributed by atoms with E-state index >= 15 is 0 Å². The molecule has 0 spiro atoms. The lowest BCUT2D eigenvalue weighted by atomic mass is 9.94. The van der Waals surface area contributed by atoms with Gasteiger partial charge in [0.25, 0.3) is 0 Å². The van der Waals surface area contributed by atoms with Gasteiger partial charge in [0.2, 0.25) is 0 Å². The number of halogens is 1. The molecule has 4 rings (SSSR count). The summed E-state index contributed by atoms with van der Waals surface area (Å²) >= 11 is 0. The van der Waals surface area contributed by atoms with E-state index in [9.17, 15) is 0 Å². The molecule has 0 aliphatic carbocycles. The molecule has 0 amide bonds. The molecule has 0 bridgehead atoms. The van der Waals surface area contributed by atoms with Crippen LogP contribution in [0.2, 0.25) is 0 Å². The number of imidazole rings is 1. The van der Waals surface area contributed by atoms with Gasteiger partial charge in [-0.15, -0.1) is 24.0 Å². The van der Waals surface area contributed by atoms with Gasteiger partial charge in [0.15, 0.2) is 5.96 Å². The predicted octanol–water partition coefficient (Wildman–Crippen LogP) is 4.15. The Kier molecular flexibility index (Phi) is 7.84. The fourth-order valence-electron chi connectivity index (χ4n) is 4.01. The number of hydrogen-bond acceptors (Lipinski definition) is 3. The van der Waals surface area contributed by atoms with E-state index in [-0.39, 0.29) is 24.0 Å². The van der Waals surface area contributed by atoms with Crippen LogP contribution in [0.5, 0.6) is 0 Å². The third-order valence-corrected chi connectivity index (χ3v) is 5.47. The van der Waals surface area contributed by atoms with Crippen LogP contribution in [0.3, 0.4) is 0 Å². The molecule has 1 N–H and O–H groups in total. The number of likely N-dealkylation sites (tertiary alicyclic amines) is 1. The van der Waals surface area contributed by atoms with Gasteiger partial charge < -0.3 is 10.2 Å². The molecule has 1 fully saturated rings. The van der Waals surface area contributed by atoms with Crippen LogP contribution in [-0.2, 0) is 6.54 Å². The summed E-state index contributed by atoms with van der Waals surface area (Å²) in [4.78, 5) is 16.0. The Balaban J connectivity index is 0.00000256. The Morgan fingerprint density at radius 2 is 2.07 bits per heavy atom. The van der Waals surface area contributed by atoms with E-state index < -0.39 is 0 Å². The standard InChI is InChI=1S/C23H28N6.HI/c1-3-25-23(28-13-10-20(16-28)21-9-5-4-7-18(21)2)27-15-19-8-6-11-26-22(19)29-14-12-24-17-29;/h4-9,11-12,14,17,20H,3,10,13,15-16H2,1-2H3,(H,25,27);1H. The first-order chi connectivity index (χ1) is 14.3. The lowest BCUT2D eigenvalue weighted by molar-refractivity contribution is 0.485. The summed E-state index contributed by atoms with van der Waals surface area (Å²) in [7, 11) is 0. The third-order valence-electron chi connectivity index (χ3n) is 5.47. The lowest BCUT2D eigenvalue weighted by Gasteiger charge is -2.22. The molecule has 0 radical (unpaired) electrons. The van der Waals surface area contributed by atoms with Gasteiger partial charge in [-0.3, -0.25) is 4.57 Å². The highest BCUT2D eigenvalue weighted by Crippen LogP contribution is 2.29. The molecule has 1 saturated heterocycles. The van der Waals surface area contributed by atoms with E-state index in [1.807, 2.05) is 16.8 Å². The van der Waals surface area contributed by atoms with Crippen molar-refractivity contribution in [3.63, 3.8) is 0 Å². The van der Waals surface area contributed by atoms with Crippen molar-refractivity contribution in [1.82, 2.24) is 24.8 Å². The summed E-state index contributed by atoms with van der Waals surface area (Å²) in [5.41, 5.74) is 3.91. The fraction of sp³-hybridized carbons (Fsp3) is 0.348. The second kappa shape index (κ2) is 10.6. The lowest BCUT2D eigenvalue weighted by Crippen LogP contribution is -2.40. The van der Waals surface area contributed by atoms with Gasteiger partial charge >= 0.3 is 0 Å². The highest BCUT2D eigenvalue weighted by molar-refractivity contribution is 14.0. The van der Waals surface area contributed by atoms with Gasteiger partial charge in [0.05, 0.1) is 6.54 Å². The van der Waals surface area contributed by atoms with E-state index in [0.717, 1.165) is 43.4 Å². The number of nitrogens with zero attached hydrogens (tertiary/aromatic N) is 5. The molecule has 1 aliphatic rings. The molecule has 30 heavy (non-hydrogen) atoms. The van der Waals surface area contributed by atoms with Gasteiger partial charge in [-0.25, -0.2) is 15.0 Å². The number of benzene rings is 1. The summed E-state index contributed by atoms with van der Waals surface area (Å²) in [6.07, 6.45) is 8.41. The Morgan fingerprint density at radius 3 is 2.83 bits per heavy atom. The molecule has 1 atom stereocenters. The molecule has 3 aromatic rings. The fourth-order valence-corrected chi connectivity index (χ4v) is 4.01. The van der Waals surface area contributed by atoms with Crippen LogP contribution >= 0.6 is 24.0 Å². The van der Waals surface area contributed by atoms with Crippen molar-refractivity contribution in [3.05, 3.63) is 78.0 Å². The minimum absolute atomic E-state index is 0. The average molecular weight is 516 g/mol. The zero-order chi connectivity index (χ0) is 20.1. The van der Waals surface area contributed by atoms with Crippen LogP contribution in [0.15, 0.2) is 66.3 Å². The van der Waals surface area contributed by atoms with Crippen LogP contribution < -0.4 is 5.32 Å². The van der Waals surface area contributed by atoms with Crippen LogP contribution in [0.1, 0.15) is 36.0 Å². The maximum Gasteiger partial charge on any atom is 0.194 e. The zero-order valence-corrected chi connectivity index (χ0v) is 19.9. The maximum absolute atomic E-state index is 4.94. The minimum atomic E-state index is 0. The van der Waals surface area contributed by atoms with E-state index in [1.54, 1.807) is 18.7 Å². The van der Waals surface area contributed by atoms with E-state index in [0.29, 0.717) is 12.5 Å². The molecule has 2 aromatic heterocycles. The van der Waals surface area contributed by atoms with E-state index in [2.05, 4.69) is 64.4 Å². The molecular formula is C23H29IN6. The Morgan fingerprint density at radius 1 is 1.20 bits per heavy atom. The van der Waals surface area contributed by atoms with Crippen molar-refractivity contribution in [1.29, 1.82) is 0 Å². The van der Waals surface area contributed by atoms with Gasteiger partial charge in [-0.2, -0.15) is 0 Å². The third kappa shape index (κ3) is 5.00. The second-order valence-corrected chi connectivity index (χ2v) is 7.41. The molecular weight excluding hydrogens is 487 g/mol. The normalized spacial score (nSPS) is 16.4. The predicted molar refractivity (Wildman–Crippen MR) is 132 cm³/mol. The van der Waals surface area contributed by atoms with E-state index in [1.165, 1.54) is 11.1 Å². The largest absolute Gasteiger partial charge is 0.357 e. The monoisotopic (exact) mass is 516 g/mol. The van der Waals surface area contributed by atoms with E-state index in [4.69, 9.17) is 4.99 Å². The van der Waals surface area contributed by atoms with Gasteiger partial charge in [-0.05, 0) is 37.5 Å². The summed E-state index contributed by atoms with van der Waals surface area (Å²) in [5, 5.41) is 3.47. The van der Waals surface area contributed by atoms with Crippen LogP contribution in [0.4, 0.5) is 0 Å². The molecule has 158 valence electrons. The first-order valence-corrected chi connectivity index (χ1v) is 10.3. The zero-order valence-electron chi connectivity index (χ0n) is 17.5. The Hall–Kier alpha value is -2.42. The van der Waals surface area contributed by atoms with Crippen LogP contribution in [0.25, 0.3) is 5.82 Å². The molecule has 1 unspecified atom stereocenters. The minimum Gasteiger partial charge on any atom is -0.357 e. The van der Waals surface area contributed by atoms with Gasteiger partial charge in [0.1, 0.15) is 12.1 Å². The van der Waals surface area contributed by atoms with Crippen molar-refractivity contribution >= 4 is 29.9 Å². The van der Waals surface area contributed by atoms with Crippen molar-refractivity contribution in [2.24, 2.45) is 4.99 Å². The van der Waals surface area contributed by atoms with Crippen molar-refractivity contribution in [2.75, 3.05) is 19.6 Å². The average Bonchev–Trinajstić information content (AvgIpc) is 3.44. The van der Waals surface area contributed by atoms with Crippen molar-refractivity contribution < 1.29 is 0 Å². The second-order valence-electron chi connectivity index (χ2n) is 7.41. The number of guanidine groups is 1. The van der Waals surface area contributed by atoms with Crippen LogP contribution in [0, 0.1) is 6.92 Å². The van der Waals surface area contributed by atoms with Gasteiger partial charge in [-0.1, -0.05) is 30.3 Å². The molecule has 7 heteroatoms. The number of pyridine rings is 1. The summed E-state index contributed by atoms with van der Waals surface area (Å²) < 4.78 is 1.93. The summed E-state index contributed by atoms with van der Waals surface area (Å²) in [5.74, 6) is 2.41. The molecule has 1 aliphatic heterocycles. The number of aromatic nitrogens is 3. The highest BCUT2D eigenvalue weighted by atomic mass is 127. The van der Waals surface area contributed by atoms with Crippen molar-refractivity contribution in [3.8, 4) is 5.82 Å². The Bertz CT molecular complexity index is 969. The number of nitrogens with one attached hydrogen (secondary N) is 1. The quantitative estimate of drug-likeness (QED) is 0.315. The van der Waals surface area contributed by atoms with Gasteiger partial charge in [0, 0.05) is 49.7 Å². The SMILES string of the molecule is CCNC(=NCc1cccnc1-n1ccnc1)N1CCC(c2ccccc2C)C1.I. The number of aryl methyl sites for hydroxylation is 1. The number of hydrogen-bond donors (Lipinski definition) is 1. The van der Waals surface area contributed by atoms with Crippen LogP contribution in [-0.4, -0.2) is 45.0 Å². The smallest absolute Gasteiger partial charge is 0.194 e. The maximum atomic E-state index is 4.94. The first kappa shape index (κ1) is 22.3. The summed E-state index contributed by atoms with van der Waals surface area (Å²) in [6, 6.07) is 12.8. The number of aliphatic imine (C=N–C) groups is 1. The topological polar surface area (TPSA) is 58.3 Å². The summed E-state index contributed by atoms with van der Waals surface area (Å²) in [6.45, 7) is 7.77. The van der Waals surface area contributed by atoms with Crippen molar-refractivity contribution in [2.45, 2.75) is 32.7 Å².